The van der Waals surface area contributed by atoms with Gasteiger partial charge in [0.25, 0.3) is 11.7 Å². The third kappa shape index (κ3) is 5.20. The van der Waals surface area contributed by atoms with Gasteiger partial charge in [0, 0.05) is 12.1 Å². The van der Waals surface area contributed by atoms with Crippen molar-refractivity contribution in [3.8, 4) is 17.2 Å². The highest BCUT2D eigenvalue weighted by Gasteiger charge is 2.45. The van der Waals surface area contributed by atoms with Crippen molar-refractivity contribution in [1.82, 2.24) is 4.90 Å². The maximum Gasteiger partial charge on any atom is 0.295 e. The molecule has 1 aliphatic heterocycles. The van der Waals surface area contributed by atoms with E-state index in [9.17, 15) is 14.7 Å². The van der Waals surface area contributed by atoms with Crippen molar-refractivity contribution in [3.05, 3.63) is 93.0 Å². The molecule has 192 valence electrons. The first-order valence-electron chi connectivity index (χ1n) is 11.7. The van der Waals surface area contributed by atoms with Crippen LogP contribution in [-0.4, -0.2) is 49.6 Å². The Kier molecular flexibility index (Phi) is 7.88. The van der Waals surface area contributed by atoms with Crippen molar-refractivity contribution >= 4 is 33.4 Å². The number of aliphatic hydroxyl groups is 1. The van der Waals surface area contributed by atoms with Crippen LogP contribution in [0.3, 0.4) is 0 Å². The van der Waals surface area contributed by atoms with Crippen LogP contribution in [0.1, 0.15) is 28.3 Å². The van der Waals surface area contributed by atoms with E-state index in [1.165, 1.54) is 4.90 Å². The SMILES string of the molecule is COc1ccc(/C(O)=C2/C(=O)C(=O)N(CCc3ccc(OC)c(OC)c3)C2c2cccc(C)c2)cc1Br. The first kappa shape index (κ1) is 26.3. The molecular weight excluding hydrogens is 538 g/mol. The number of aliphatic hydroxyl groups excluding tert-OH is 1. The topological polar surface area (TPSA) is 85.3 Å². The number of hydrogen-bond acceptors (Lipinski definition) is 6. The van der Waals surface area contributed by atoms with E-state index < -0.39 is 17.7 Å². The van der Waals surface area contributed by atoms with Gasteiger partial charge in [-0.2, -0.15) is 0 Å². The largest absolute Gasteiger partial charge is 0.507 e. The molecule has 7 nitrogen and oxygen atoms in total. The molecule has 0 aromatic heterocycles. The number of hydrogen-bond donors (Lipinski definition) is 1. The number of methoxy groups -OCH3 is 3. The zero-order valence-electron chi connectivity index (χ0n) is 21.1. The highest BCUT2D eigenvalue weighted by Crippen LogP contribution is 2.40. The van der Waals surface area contributed by atoms with E-state index in [0.29, 0.717) is 33.7 Å². The van der Waals surface area contributed by atoms with Crippen LogP contribution in [0.5, 0.6) is 17.2 Å². The number of nitrogens with zero attached hydrogens (tertiary/aromatic N) is 1. The number of carbonyl (C=O) groups is 2. The van der Waals surface area contributed by atoms with Crippen LogP contribution >= 0.6 is 15.9 Å². The Labute approximate surface area is 224 Å². The number of Topliss-reactive ketones (excluding diaryl/α,β-unsaturated/α-hetero) is 1. The number of carbonyl (C=O) groups excluding carboxylic acids is 2. The van der Waals surface area contributed by atoms with Crippen LogP contribution in [-0.2, 0) is 16.0 Å². The predicted octanol–water partition coefficient (Wildman–Crippen LogP) is 5.45. The predicted molar refractivity (Wildman–Crippen MR) is 144 cm³/mol. The minimum Gasteiger partial charge on any atom is -0.507 e. The molecule has 4 rings (SSSR count). The molecule has 0 bridgehead atoms. The highest BCUT2D eigenvalue weighted by molar-refractivity contribution is 9.10. The summed E-state index contributed by atoms with van der Waals surface area (Å²) in [5, 5.41) is 11.3. The number of halogens is 1. The molecule has 1 atom stereocenters. The normalized spacial score (nSPS) is 16.7. The van der Waals surface area contributed by atoms with Gasteiger partial charge in [-0.1, -0.05) is 35.9 Å². The fourth-order valence-corrected chi connectivity index (χ4v) is 5.09. The lowest BCUT2D eigenvalue weighted by atomic mass is 9.94. The molecule has 1 fully saturated rings. The van der Waals surface area contributed by atoms with Crippen LogP contribution in [0.2, 0.25) is 0 Å². The molecule has 1 N–H and O–H groups in total. The number of amides is 1. The Hall–Kier alpha value is -3.78. The first-order valence-corrected chi connectivity index (χ1v) is 12.5. The van der Waals surface area contributed by atoms with Crippen molar-refractivity contribution < 1.29 is 28.9 Å². The summed E-state index contributed by atoms with van der Waals surface area (Å²) in [6.07, 6.45) is 0.476. The molecular formula is C29H28BrNO6. The van der Waals surface area contributed by atoms with E-state index >= 15 is 0 Å². The molecule has 1 aliphatic rings. The standard InChI is InChI=1S/C29H28BrNO6/c1-17-6-5-7-19(14-17)26-25(27(32)20-9-11-22(35-2)21(30)16-20)28(33)29(34)31(26)13-12-18-8-10-23(36-3)24(15-18)37-4/h5-11,14-16,26,32H,12-13H2,1-4H3/b27-25-. The number of ether oxygens (including phenoxy) is 3. The van der Waals surface area contributed by atoms with Gasteiger partial charge in [0.2, 0.25) is 0 Å². The average molecular weight is 566 g/mol. The number of aryl methyl sites for hydroxylation is 1. The number of rotatable bonds is 8. The van der Waals surface area contributed by atoms with Crippen LogP contribution in [0, 0.1) is 6.92 Å². The molecule has 1 amide bonds. The monoisotopic (exact) mass is 565 g/mol. The molecule has 0 radical (unpaired) electrons. The zero-order valence-corrected chi connectivity index (χ0v) is 22.7. The molecule has 1 unspecified atom stereocenters. The maximum absolute atomic E-state index is 13.3. The van der Waals surface area contributed by atoms with Gasteiger partial charge in [0.05, 0.1) is 37.4 Å². The lowest BCUT2D eigenvalue weighted by Gasteiger charge is -2.26. The maximum atomic E-state index is 13.3. The average Bonchev–Trinajstić information content (AvgIpc) is 3.16. The summed E-state index contributed by atoms with van der Waals surface area (Å²) >= 11 is 3.43. The van der Waals surface area contributed by atoms with E-state index in [0.717, 1.165) is 16.7 Å². The molecule has 3 aromatic rings. The second-order valence-corrected chi connectivity index (χ2v) is 9.55. The molecule has 1 heterocycles. The zero-order chi connectivity index (χ0) is 26.7. The van der Waals surface area contributed by atoms with Crippen molar-refractivity contribution in [3.63, 3.8) is 0 Å². The minimum atomic E-state index is -0.735. The summed E-state index contributed by atoms with van der Waals surface area (Å²) < 4.78 is 16.6. The third-order valence-electron chi connectivity index (χ3n) is 6.41. The molecule has 0 spiro atoms. The second-order valence-electron chi connectivity index (χ2n) is 8.70. The molecule has 3 aromatic carbocycles. The van der Waals surface area contributed by atoms with Gasteiger partial charge in [-0.05, 0) is 70.7 Å². The lowest BCUT2D eigenvalue weighted by molar-refractivity contribution is -0.139. The van der Waals surface area contributed by atoms with Crippen molar-refractivity contribution in [2.45, 2.75) is 19.4 Å². The van der Waals surface area contributed by atoms with Crippen LogP contribution in [0.25, 0.3) is 5.76 Å². The summed E-state index contributed by atoms with van der Waals surface area (Å²) in [4.78, 5) is 28.1. The Balaban J connectivity index is 1.76. The second kappa shape index (κ2) is 11.1. The Morgan fingerprint density at radius 2 is 1.62 bits per heavy atom. The number of ketones is 1. The third-order valence-corrected chi connectivity index (χ3v) is 7.03. The molecule has 1 saturated heterocycles. The number of benzene rings is 3. The Morgan fingerprint density at radius 3 is 2.27 bits per heavy atom. The fraction of sp³-hybridized carbons (Fsp3) is 0.241. The van der Waals surface area contributed by atoms with Gasteiger partial charge in [-0.25, -0.2) is 0 Å². The minimum absolute atomic E-state index is 0.0555. The summed E-state index contributed by atoms with van der Waals surface area (Å²) in [5.41, 5.74) is 3.11. The van der Waals surface area contributed by atoms with Gasteiger partial charge in [0.1, 0.15) is 11.5 Å². The van der Waals surface area contributed by atoms with Crippen molar-refractivity contribution in [2.24, 2.45) is 0 Å². The van der Waals surface area contributed by atoms with E-state index in [1.54, 1.807) is 39.5 Å². The van der Waals surface area contributed by atoms with E-state index in [-0.39, 0.29) is 17.9 Å². The van der Waals surface area contributed by atoms with Crippen LogP contribution < -0.4 is 14.2 Å². The smallest absolute Gasteiger partial charge is 0.295 e. The molecule has 0 aliphatic carbocycles. The van der Waals surface area contributed by atoms with Crippen LogP contribution in [0.4, 0.5) is 0 Å². The molecule has 37 heavy (non-hydrogen) atoms. The fourth-order valence-electron chi connectivity index (χ4n) is 4.55. The Morgan fingerprint density at radius 1 is 0.919 bits per heavy atom. The van der Waals surface area contributed by atoms with Gasteiger partial charge in [-0.15, -0.1) is 0 Å². The van der Waals surface area contributed by atoms with Crippen molar-refractivity contribution in [1.29, 1.82) is 0 Å². The van der Waals surface area contributed by atoms with Gasteiger partial charge in [0.15, 0.2) is 11.5 Å². The van der Waals surface area contributed by atoms with E-state index in [1.807, 2.05) is 49.4 Å². The van der Waals surface area contributed by atoms with Crippen LogP contribution in [0.15, 0.2) is 70.7 Å². The van der Waals surface area contributed by atoms with E-state index in [4.69, 9.17) is 14.2 Å². The summed E-state index contributed by atoms with van der Waals surface area (Å²) in [6, 6.07) is 17.4. The highest BCUT2D eigenvalue weighted by atomic mass is 79.9. The lowest BCUT2D eigenvalue weighted by Crippen LogP contribution is -2.31. The summed E-state index contributed by atoms with van der Waals surface area (Å²) in [6.45, 7) is 2.21. The Bertz CT molecular complexity index is 1380. The van der Waals surface area contributed by atoms with Gasteiger partial charge < -0.3 is 24.2 Å². The molecule has 8 heteroatoms. The molecule has 0 saturated carbocycles. The summed E-state index contributed by atoms with van der Waals surface area (Å²) in [7, 11) is 4.68. The van der Waals surface area contributed by atoms with Gasteiger partial charge in [-0.3, -0.25) is 9.59 Å². The number of likely N-dealkylation sites (tertiary alicyclic amines) is 1. The van der Waals surface area contributed by atoms with Gasteiger partial charge >= 0.3 is 0 Å². The summed E-state index contributed by atoms with van der Waals surface area (Å²) in [5.74, 6) is 0.174. The first-order chi connectivity index (χ1) is 17.8. The van der Waals surface area contributed by atoms with E-state index in [2.05, 4.69) is 15.9 Å². The quantitative estimate of drug-likeness (QED) is 0.222. The van der Waals surface area contributed by atoms with Crippen molar-refractivity contribution in [2.75, 3.05) is 27.9 Å².